The van der Waals surface area contributed by atoms with Crippen molar-refractivity contribution in [2.24, 2.45) is 0 Å². The molecular formula is C11H14ClN3. The van der Waals surface area contributed by atoms with Crippen LogP contribution in [-0.4, -0.2) is 14.6 Å². The van der Waals surface area contributed by atoms with E-state index >= 15 is 0 Å². The normalized spacial score (nSPS) is 11.1. The first-order valence-corrected chi connectivity index (χ1v) is 5.66. The molecule has 15 heavy (non-hydrogen) atoms. The molecule has 0 aromatic carbocycles. The first-order valence-electron chi connectivity index (χ1n) is 5.28. The summed E-state index contributed by atoms with van der Waals surface area (Å²) in [7, 11) is 0. The second-order valence-corrected chi connectivity index (χ2v) is 3.98. The zero-order valence-electron chi connectivity index (χ0n) is 9.00. The van der Waals surface area contributed by atoms with Crippen LogP contribution in [0.3, 0.4) is 0 Å². The third-order valence-corrected chi connectivity index (χ3v) is 2.65. The van der Waals surface area contributed by atoms with Crippen molar-refractivity contribution in [2.75, 3.05) is 0 Å². The fraction of sp³-hybridized carbons (Fsp3) is 0.455. The summed E-state index contributed by atoms with van der Waals surface area (Å²) in [6.45, 7) is 4.22. The molecule has 3 nitrogen and oxygen atoms in total. The molecule has 0 saturated heterocycles. The lowest BCUT2D eigenvalue weighted by atomic mass is 10.2. The molecule has 0 saturated carbocycles. The lowest BCUT2D eigenvalue weighted by molar-refractivity contribution is 0.818. The second-order valence-electron chi connectivity index (χ2n) is 3.59. The summed E-state index contributed by atoms with van der Waals surface area (Å²) in [4.78, 5) is 4.44. The van der Waals surface area contributed by atoms with Crippen molar-refractivity contribution >= 4 is 17.2 Å². The van der Waals surface area contributed by atoms with Crippen molar-refractivity contribution in [3.8, 4) is 0 Å². The maximum absolute atomic E-state index is 6.11. The topological polar surface area (TPSA) is 30.2 Å². The summed E-state index contributed by atoms with van der Waals surface area (Å²) in [5.74, 6) is 0.868. The Balaban J connectivity index is 2.54. The second kappa shape index (κ2) is 4.19. The maximum atomic E-state index is 6.11. The Labute approximate surface area is 94.1 Å². The quantitative estimate of drug-likeness (QED) is 0.749. The number of fused-ring (bicyclic) bond motifs is 1. The fourth-order valence-electron chi connectivity index (χ4n) is 1.57. The first-order chi connectivity index (χ1) is 7.24. The van der Waals surface area contributed by atoms with Gasteiger partial charge in [0.2, 0.25) is 0 Å². The van der Waals surface area contributed by atoms with E-state index in [1.807, 2.05) is 12.1 Å². The van der Waals surface area contributed by atoms with Gasteiger partial charge in [-0.05, 0) is 30.5 Å². The minimum Gasteiger partial charge on any atom is -0.212 e. The summed E-state index contributed by atoms with van der Waals surface area (Å²) < 4.78 is 1.70. The van der Waals surface area contributed by atoms with Gasteiger partial charge in [0.15, 0.2) is 11.5 Å². The van der Waals surface area contributed by atoms with Gasteiger partial charge in [0.05, 0.1) is 0 Å². The molecule has 4 heteroatoms. The van der Waals surface area contributed by atoms with E-state index < -0.39 is 0 Å². The lowest BCUT2D eigenvalue weighted by Crippen LogP contribution is -1.92. The Hall–Kier alpha value is -1.09. The van der Waals surface area contributed by atoms with E-state index in [0.717, 1.165) is 30.7 Å². The van der Waals surface area contributed by atoms with Gasteiger partial charge in [-0.2, -0.15) is 0 Å². The van der Waals surface area contributed by atoms with E-state index in [9.17, 15) is 0 Å². The van der Waals surface area contributed by atoms with Crippen LogP contribution in [0.5, 0.6) is 0 Å². The van der Waals surface area contributed by atoms with Crippen LogP contribution in [0.4, 0.5) is 0 Å². The molecule has 2 aromatic rings. The van der Waals surface area contributed by atoms with Crippen molar-refractivity contribution in [3.63, 3.8) is 0 Å². The van der Waals surface area contributed by atoms with E-state index in [1.165, 1.54) is 5.56 Å². The Morgan fingerprint density at radius 2 is 2.13 bits per heavy atom. The minimum absolute atomic E-state index is 0.638. The van der Waals surface area contributed by atoms with E-state index in [1.54, 1.807) is 4.52 Å². The van der Waals surface area contributed by atoms with Gasteiger partial charge in [0.1, 0.15) is 5.15 Å². The van der Waals surface area contributed by atoms with Crippen molar-refractivity contribution in [2.45, 2.75) is 33.1 Å². The van der Waals surface area contributed by atoms with Gasteiger partial charge < -0.3 is 0 Å². The highest BCUT2D eigenvalue weighted by molar-refractivity contribution is 6.29. The summed E-state index contributed by atoms with van der Waals surface area (Å²) >= 11 is 6.11. The number of nitrogens with zero attached hydrogens (tertiary/aromatic N) is 3. The largest absolute Gasteiger partial charge is 0.212 e. The van der Waals surface area contributed by atoms with Crippen LogP contribution in [0.2, 0.25) is 5.15 Å². The summed E-state index contributed by atoms with van der Waals surface area (Å²) in [6, 6.07) is 3.98. The van der Waals surface area contributed by atoms with E-state index in [2.05, 4.69) is 23.9 Å². The molecule has 0 spiro atoms. The number of rotatable bonds is 3. The van der Waals surface area contributed by atoms with Crippen LogP contribution in [0.15, 0.2) is 12.1 Å². The molecule has 0 aliphatic carbocycles. The van der Waals surface area contributed by atoms with Crippen molar-refractivity contribution in [3.05, 3.63) is 28.7 Å². The Bertz CT molecular complexity index is 476. The summed E-state index contributed by atoms with van der Waals surface area (Å²) in [6.07, 6.45) is 2.92. The molecule has 0 aliphatic rings. The predicted molar refractivity (Wildman–Crippen MR) is 61.4 cm³/mol. The monoisotopic (exact) mass is 223 g/mol. The van der Waals surface area contributed by atoms with Crippen LogP contribution in [0.25, 0.3) is 5.65 Å². The van der Waals surface area contributed by atoms with Gasteiger partial charge in [0, 0.05) is 6.42 Å². The number of aryl methyl sites for hydroxylation is 2. The molecule has 0 aliphatic heterocycles. The van der Waals surface area contributed by atoms with Crippen LogP contribution < -0.4 is 0 Å². The Kier molecular flexibility index (Phi) is 2.91. The molecular weight excluding hydrogens is 210 g/mol. The van der Waals surface area contributed by atoms with Crippen LogP contribution in [0.1, 0.15) is 31.7 Å². The smallest absolute Gasteiger partial charge is 0.157 e. The summed E-state index contributed by atoms with van der Waals surface area (Å²) in [5.41, 5.74) is 2.05. The van der Waals surface area contributed by atoms with Gasteiger partial charge >= 0.3 is 0 Å². The molecule has 2 rings (SSSR count). The first kappa shape index (κ1) is 10.4. The average Bonchev–Trinajstić information content (AvgIpc) is 2.61. The Morgan fingerprint density at radius 3 is 2.80 bits per heavy atom. The van der Waals surface area contributed by atoms with Gasteiger partial charge in [-0.15, -0.1) is 5.10 Å². The van der Waals surface area contributed by atoms with Crippen LogP contribution in [-0.2, 0) is 12.8 Å². The predicted octanol–water partition coefficient (Wildman–Crippen LogP) is 2.90. The van der Waals surface area contributed by atoms with Crippen LogP contribution >= 0.6 is 11.6 Å². The molecule has 0 amide bonds. The third kappa shape index (κ3) is 1.97. The number of aromatic nitrogens is 3. The van der Waals surface area contributed by atoms with E-state index in [4.69, 9.17) is 11.6 Å². The van der Waals surface area contributed by atoms with Crippen molar-refractivity contribution < 1.29 is 0 Å². The number of pyridine rings is 1. The highest BCUT2D eigenvalue weighted by Gasteiger charge is 2.06. The third-order valence-electron chi connectivity index (χ3n) is 2.38. The molecule has 0 bridgehead atoms. The maximum Gasteiger partial charge on any atom is 0.157 e. The standard InChI is InChI=1S/C11H14ClN3/c1-3-5-10-13-11-7-8(4-2)6-9(12)15(11)14-10/h6-7H,3-5H2,1-2H3. The zero-order chi connectivity index (χ0) is 10.8. The van der Waals surface area contributed by atoms with Crippen LogP contribution in [0, 0.1) is 0 Å². The molecule has 2 heterocycles. The average molecular weight is 224 g/mol. The van der Waals surface area contributed by atoms with Gasteiger partial charge in [0.25, 0.3) is 0 Å². The fourth-order valence-corrected chi connectivity index (χ4v) is 1.84. The van der Waals surface area contributed by atoms with E-state index in [-0.39, 0.29) is 0 Å². The van der Waals surface area contributed by atoms with Crippen molar-refractivity contribution in [1.29, 1.82) is 0 Å². The highest BCUT2D eigenvalue weighted by atomic mass is 35.5. The van der Waals surface area contributed by atoms with Gasteiger partial charge in [-0.3, -0.25) is 0 Å². The molecule has 2 aromatic heterocycles. The zero-order valence-corrected chi connectivity index (χ0v) is 9.75. The number of hydrogen-bond donors (Lipinski definition) is 0. The number of hydrogen-bond acceptors (Lipinski definition) is 2. The molecule has 0 radical (unpaired) electrons. The highest BCUT2D eigenvalue weighted by Crippen LogP contribution is 2.15. The molecule has 0 unspecified atom stereocenters. The summed E-state index contributed by atoms with van der Waals surface area (Å²) in [5, 5.41) is 4.99. The lowest BCUT2D eigenvalue weighted by Gasteiger charge is -1.99. The number of halogens is 1. The molecule has 0 fully saturated rings. The van der Waals surface area contributed by atoms with Gasteiger partial charge in [-0.1, -0.05) is 25.4 Å². The van der Waals surface area contributed by atoms with Gasteiger partial charge in [-0.25, -0.2) is 9.50 Å². The molecule has 0 atom stereocenters. The van der Waals surface area contributed by atoms with Crippen molar-refractivity contribution in [1.82, 2.24) is 14.6 Å². The Morgan fingerprint density at radius 1 is 1.33 bits per heavy atom. The SMILES string of the molecule is CCCc1nc2cc(CC)cc(Cl)n2n1. The molecule has 0 N–H and O–H groups in total. The van der Waals surface area contributed by atoms with E-state index in [0.29, 0.717) is 5.15 Å². The minimum atomic E-state index is 0.638. The molecule has 80 valence electrons.